The monoisotopic (exact) mass is 284 g/mol. The molecule has 0 fully saturated rings. The van der Waals surface area contributed by atoms with E-state index in [2.05, 4.69) is 29.8 Å². The summed E-state index contributed by atoms with van der Waals surface area (Å²) in [6.45, 7) is 6.71. The number of halogens is 1. The second-order valence-corrected chi connectivity index (χ2v) is 4.98. The van der Waals surface area contributed by atoms with E-state index in [0.29, 0.717) is 24.5 Å². The van der Waals surface area contributed by atoms with Gasteiger partial charge in [-0.25, -0.2) is 0 Å². The lowest BCUT2D eigenvalue weighted by Gasteiger charge is -2.10. The van der Waals surface area contributed by atoms with E-state index in [1.165, 1.54) is 0 Å². The normalized spacial score (nSPS) is 10.6. The van der Waals surface area contributed by atoms with Crippen molar-refractivity contribution in [3.05, 3.63) is 28.2 Å². The number of ketones is 1. The zero-order valence-electron chi connectivity index (χ0n) is 9.92. The fourth-order valence-corrected chi connectivity index (χ4v) is 1.73. The van der Waals surface area contributed by atoms with Crippen LogP contribution in [-0.2, 0) is 0 Å². The van der Waals surface area contributed by atoms with Gasteiger partial charge in [-0.3, -0.25) is 4.79 Å². The number of carbonyl (C=O) groups is 1. The van der Waals surface area contributed by atoms with Gasteiger partial charge < -0.3 is 4.74 Å². The Kier molecular flexibility index (Phi) is 5.00. The molecule has 0 spiro atoms. The number of Topliss-reactive ketones (excluding diaryl/α,β-unsaturated/α-hetero) is 1. The third kappa shape index (κ3) is 3.63. The van der Waals surface area contributed by atoms with Crippen LogP contribution in [0.5, 0.6) is 5.75 Å². The summed E-state index contributed by atoms with van der Waals surface area (Å²) in [6.07, 6.45) is 0.506. The summed E-state index contributed by atoms with van der Waals surface area (Å²) in [6, 6.07) is 5.54. The Hall–Kier alpha value is -0.830. The Morgan fingerprint density at radius 3 is 2.69 bits per heavy atom. The number of rotatable bonds is 5. The first-order valence-corrected chi connectivity index (χ1v) is 6.29. The highest BCUT2D eigenvalue weighted by molar-refractivity contribution is 9.10. The lowest BCUT2D eigenvalue weighted by molar-refractivity contribution is 0.0987. The van der Waals surface area contributed by atoms with E-state index in [-0.39, 0.29) is 5.78 Å². The molecule has 0 atom stereocenters. The van der Waals surface area contributed by atoms with E-state index in [1.807, 2.05) is 19.1 Å². The molecule has 0 heterocycles. The standard InChI is InChI=1S/C13H17BrO2/c1-4-13(15)11-7-10(5-6-12(11)14)16-8-9(2)3/h5-7,9H,4,8H2,1-3H3. The summed E-state index contributed by atoms with van der Waals surface area (Å²) in [5.74, 6) is 1.37. The van der Waals surface area contributed by atoms with Crippen LogP contribution >= 0.6 is 15.9 Å². The molecule has 0 amide bonds. The molecule has 0 aromatic heterocycles. The third-order valence-corrected chi connectivity index (χ3v) is 2.83. The fraction of sp³-hybridized carbons (Fsp3) is 0.462. The van der Waals surface area contributed by atoms with Crippen molar-refractivity contribution in [2.24, 2.45) is 5.92 Å². The van der Waals surface area contributed by atoms with Crippen molar-refractivity contribution in [1.82, 2.24) is 0 Å². The topological polar surface area (TPSA) is 26.3 Å². The Bertz CT molecular complexity index is 372. The van der Waals surface area contributed by atoms with Crippen LogP contribution in [-0.4, -0.2) is 12.4 Å². The van der Waals surface area contributed by atoms with E-state index in [1.54, 1.807) is 6.07 Å². The van der Waals surface area contributed by atoms with Gasteiger partial charge in [-0.1, -0.05) is 36.7 Å². The Morgan fingerprint density at radius 1 is 1.44 bits per heavy atom. The molecule has 0 unspecified atom stereocenters. The first kappa shape index (κ1) is 13.2. The summed E-state index contributed by atoms with van der Waals surface area (Å²) in [5.41, 5.74) is 0.698. The van der Waals surface area contributed by atoms with E-state index in [9.17, 15) is 4.79 Å². The van der Waals surface area contributed by atoms with E-state index in [4.69, 9.17) is 4.74 Å². The average molecular weight is 285 g/mol. The maximum atomic E-state index is 11.6. The maximum absolute atomic E-state index is 11.6. The molecule has 0 bridgehead atoms. The minimum absolute atomic E-state index is 0.127. The molecule has 0 aliphatic heterocycles. The van der Waals surface area contributed by atoms with Crippen LogP contribution in [0.15, 0.2) is 22.7 Å². The van der Waals surface area contributed by atoms with E-state index in [0.717, 1.165) is 10.2 Å². The van der Waals surface area contributed by atoms with Gasteiger partial charge in [-0.2, -0.15) is 0 Å². The number of hydrogen-bond donors (Lipinski definition) is 0. The van der Waals surface area contributed by atoms with Gasteiger partial charge in [0.2, 0.25) is 0 Å². The molecule has 0 radical (unpaired) electrons. The van der Waals surface area contributed by atoms with Crippen LogP contribution in [0, 0.1) is 5.92 Å². The SMILES string of the molecule is CCC(=O)c1cc(OCC(C)C)ccc1Br. The molecule has 0 aliphatic carbocycles. The lowest BCUT2D eigenvalue weighted by Crippen LogP contribution is -2.05. The largest absolute Gasteiger partial charge is 0.493 e. The molecule has 0 saturated carbocycles. The molecule has 88 valence electrons. The predicted molar refractivity (Wildman–Crippen MR) is 69.1 cm³/mol. The van der Waals surface area contributed by atoms with Crippen LogP contribution in [0.4, 0.5) is 0 Å². The molecule has 0 aliphatic rings. The predicted octanol–water partition coefficient (Wildman–Crippen LogP) is 4.08. The summed E-state index contributed by atoms with van der Waals surface area (Å²) in [7, 11) is 0. The highest BCUT2D eigenvalue weighted by Crippen LogP contribution is 2.24. The van der Waals surface area contributed by atoms with Crippen molar-refractivity contribution in [3.8, 4) is 5.75 Å². The van der Waals surface area contributed by atoms with Gasteiger partial charge in [0.25, 0.3) is 0 Å². The molecular formula is C13H17BrO2. The van der Waals surface area contributed by atoms with Gasteiger partial charge in [0.15, 0.2) is 5.78 Å². The number of benzene rings is 1. The van der Waals surface area contributed by atoms with Gasteiger partial charge in [0, 0.05) is 16.5 Å². The molecule has 1 aromatic carbocycles. The summed E-state index contributed by atoms with van der Waals surface area (Å²) in [4.78, 5) is 11.6. The van der Waals surface area contributed by atoms with Crippen LogP contribution in [0.1, 0.15) is 37.6 Å². The molecule has 0 saturated heterocycles. The second kappa shape index (κ2) is 6.04. The van der Waals surface area contributed by atoms with Crippen molar-refractivity contribution in [1.29, 1.82) is 0 Å². The van der Waals surface area contributed by atoms with Crippen molar-refractivity contribution >= 4 is 21.7 Å². The van der Waals surface area contributed by atoms with Crippen molar-refractivity contribution < 1.29 is 9.53 Å². The van der Waals surface area contributed by atoms with Crippen LogP contribution in [0.3, 0.4) is 0 Å². The van der Waals surface area contributed by atoms with Gasteiger partial charge in [-0.05, 0) is 24.1 Å². The van der Waals surface area contributed by atoms with E-state index < -0.39 is 0 Å². The Balaban J connectivity index is 2.85. The fourth-order valence-electron chi connectivity index (χ4n) is 1.26. The first-order chi connectivity index (χ1) is 7.54. The molecule has 1 aromatic rings. The zero-order chi connectivity index (χ0) is 12.1. The first-order valence-electron chi connectivity index (χ1n) is 5.50. The quantitative estimate of drug-likeness (QED) is 0.762. The minimum Gasteiger partial charge on any atom is -0.493 e. The Labute approximate surface area is 105 Å². The molecule has 16 heavy (non-hydrogen) atoms. The number of ether oxygens (including phenoxy) is 1. The molecular weight excluding hydrogens is 268 g/mol. The summed E-state index contributed by atoms with van der Waals surface area (Å²) in [5, 5.41) is 0. The molecule has 3 heteroatoms. The van der Waals surface area contributed by atoms with Crippen LogP contribution < -0.4 is 4.74 Å². The van der Waals surface area contributed by atoms with Crippen molar-refractivity contribution in [2.45, 2.75) is 27.2 Å². The number of hydrogen-bond acceptors (Lipinski definition) is 2. The lowest BCUT2D eigenvalue weighted by atomic mass is 10.1. The van der Waals surface area contributed by atoms with Gasteiger partial charge >= 0.3 is 0 Å². The summed E-state index contributed by atoms with van der Waals surface area (Å²) < 4.78 is 6.41. The Morgan fingerprint density at radius 2 is 2.12 bits per heavy atom. The maximum Gasteiger partial charge on any atom is 0.163 e. The molecule has 1 rings (SSSR count). The van der Waals surface area contributed by atoms with Gasteiger partial charge in [0.1, 0.15) is 5.75 Å². The highest BCUT2D eigenvalue weighted by Gasteiger charge is 2.09. The third-order valence-electron chi connectivity index (χ3n) is 2.14. The smallest absolute Gasteiger partial charge is 0.163 e. The van der Waals surface area contributed by atoms with Crippen LogP contribution in [0.25, 0.3) is 0 Å². The molecule has 0 N–H and O–H groups in total. The van der Waals surface area contributed by atoms with Crippen LogP contribution in [0.2, 0.25) is 0 Å². The van der Waals surface area contributed by atoms with Gasteiger partial charge in [0.05, 0.1) is 6.61 Å². The highest BCUT2D eigenvalue weighted by atomic mass is 79.9. The average Bonchev–Trinajstić information content (AvgIpc) is 2.27. The van der Waals surface area contributed by atoms with Gasteiger partial charge in [-0.15, -0.1) is 0 Å². The zero-order valence-corrected chi connectivity index (χ0v) is 11.5. The minimum atomic E-state index is 0.127. The van der Waals surface area contributed by atoms with Crippen molar-refractivity contribution in [3.63, 3.8) is 0 Å². The van der Waals surface area contributed by atoms with E-state index >= 15 is 0 Å². The summed E-state index contributed by atoms with van der Waals surface area (Å²) >= 11 is 3.38. The molecule has 2 nitrogen and oxygen atoms in total. The second-order valence-electron chi connectivity index (χ2n) is 4.12. The van der Waals surface area contributed by atoms with Crippen molar-refractivity contribution in [2.75, 3.05) is 6.61 Å². The number of carbonyl (C=O) groups excluding carboxylic acids is 1.